The number of nitriles is 1. The van der Waals surface area contributed by atoms with E-state index >= 15 is 0 Å². The number of hydrazine groups is 1. The van der Waals surface area contributed by atoms with E-state index in [1.807, 2.05) is 31.6 Å². The van der Waals surface area contributed by atoms with Crippen LogP contribution in [0.3, 0.4) is 0 Å². The maximum absolute atomic E-state index is 9.19. The van der Waals surface area contributed by atoms with E-state index in [9.17, 15) is 5.26 Å². The number of allylic oxidation sites excluding steroid dienone is 8. The molecular weight excluding hydrogens is 611 g/mol. The van der Waals surface area contributed by atoms with Crippen molar-refractivity contribution in [3.63, 3.8) is 0 Å². The van der Waals surface area contributed by atoms with E-state index in [2.05, 4.69) is 130 Å². The maximum Gasteiger partial charge on any atom is 0.101 e. The largest absolute Gasteiger partial charge is 0.321 e. The first-order chi connectivity index (χ1) is 24.1. The lowest BCUT2D eigenvalue weighted by Gasteiger charge is -2.13. The number of rotatable bonds is 19. The Morgan fingerprint density at radius 1 is 1.04 bits per heavy atom. The molecule has 3 rings (SSSR count). The summed E-state index contributed by atoms with van der Waals surface area (Å²) in [6.07, 6.45) is 25.9. The van der Waals surface area contributed by atoms with Crippen molar-refractivity contribution in [1.29, 1.82) is 5.26 Å². The van der Waals surface area contributed by atoms with E-state index in [-0.39, 0.29) is 0 Å². The second-order valence-electron chi connectivity index (χ2n) is 12.8. The second kappa shape index (κ2) is 21.1. The zero-order valence-electron chi connectivity index (χ0n) is 30.8. The highest BCUT2D eigenvalue weighted by Crippen LogP contribution is 2.25. The summed E-state index contributed by atoms with van der Waals surface area (Å²) in [6.45, 7) is 18.3. The number of nitrogens with one attached hydrogen (secondary N) is 1. The van der Waals surface area contributed by atoms with Crippen LogP contribution in [0.15, 0.2) is 133 Å². The van der Waals surface area contributed by atoms with Gasteiger partial charge < -0.3 is 10.3 Å². The Balaban J connectivity index is 1.66. The highest BCUT2D eigenvalue weighted by molar-refractivity contribution is 5.77. The lowest BCUT2D eigenvalue weighted by atomic mass is 9.93. The van der Waals surface area contributed by atoms with Crippen molar-refractivity contribution in [2.45, 2.75) is 66.2 Å². The van der Waals surface area contributed by atoms with Crippen LogP contribution >= 0.6 is 0 Å². The Morgan fingerprint density at radius 3 is 2.56 bits per heavy atom. The topological polar surface area (TPSA) is 78.0 Å². The lowest BCUT2D eigenvalue weighted by molar-refractivity contribution is 0.479. The predicted molar refractivity (Wildman–Crippen MR) is 213 cm³/mol. The normalized spacial score (nSPS) is 12.5. The fraction of sp³-hybridized carbons (Fsp3) is 0.289. The van der Waals surface area contributed by atoms with Gasteiger partial charge in [0.2, 0.25) is 0 Å². The molecule has 3 N–H and O–H groups in total. The van der Waals surface area contributed by atoms with Crippen LogP contribution in [0.1, 0.15) is 71.2 Å². The van der Waals surface area contributed by atoms with E-state index in [4.69, 9.17) is 5.84 Å². The molecule has 5 heteroatoms. The molecular formula is C45H55N5. The van der Waals surface area contributed by atoms with Gasteiger partial charge in [0, 0.05) is 32.2 Å². The molecule has 0 bridgehead atoms. The monoisotopic (exact) mass is 665 g/mol. The van der Waals surface area contributed by atoms with E-state index in [0.717, 1.165) is 68.3 Å². The van der Waals surface area contributed by atoms with Crippen LogP contribution in [0.2, 0.25) is 0 Å². The fourth-order valence-electron chi connectivity index (χ4n) is 5.81. The maximum atomic E-state index is 9.19. The quantitative estimate of drug-likeness (QED) is 0.0439. The summed E-state index contributed by atoms with van der Waals surface area (Å²) in [4.78, 5) is 4.20. The molecule has 0 fully saturated rings. The Morgan fingerprint density at radius 2 is 1.84 bits per heavy atom. The van der Waals surface area contributed by atoms with Gasteiger partial charge in [-0.3, -0.25) is 4.98 Å². The summed E-state index contributed by atoms with van der Waals surface area (Å²) in [5.41, 5.74) is 14.2. The van der Waals surface area contributed by atoms with Gasteiger partial charge in [0.15, 0.2) is 0 Å². The van der Waals surface area contributed by atoms with Crippen LogP contribution in [0, 0.1) is 25.2 Å². The van der Waals surface area contributed by atoms with Gasteiger partial charge in [-0.05, 0) is 134 Å². The van der Waals surface area contributed by atoms with Gasteiger partial charge in [-0.15, -0.1) is 6.58 Å². The SMILES string of the molecule is C=CCCNCC(/C=C\C(=C/C)c1cccc(C/C=C\C=C(\CCc2cc(CCc3cncc(C#N)c3)ccc2C)C(=C)C)c1C)=C/N(C)N. The minimum absolute atomic E-state index is 0.609. The summed E-state index contributed by atoms with van der Waals surface area (Å²) in [5.74, 6) is 5.94. The Labute approximate surface area is 301 Å². The lowest BCUT2D eigenvalue weighted by Crippen LogP contribution is -2.23. The molecule has 50 heavy (non-hydrogen) atoms. The van der Waals surface area contributed by atoms with Crippen molar-refractivity contribution >= 4 is 5.57 Å². The van der Waals surface area contributed by atoms with E-state index < -0.39 is 0 Å². The summed E-state index contributed by atoms with van der Waals surface area (Å²) in [7, 11) is 1.84. The third-order valence-electron chi connectivity index (χ3n) is 8.79. The fourth-order valence-corrected chi connectivity index (χ4v) is 5.81. The van der Waals surface area contributed by atoms with Crippen molar-refractivity contribution < 1.29 is 0 Å². The molecule has 0 unspecified atom stereocenters. The number of hydrogen-bond donors (Lipinski definition) is 2. The van der Waals surface area contributed by atoms with Crippen molar-refractivity contribution in [1.82, 2.24) is 15.3 Å². The summed E-state index contributed by atoms with van der Waals surface area (Å²) in [6, 6.07) is 17.4. The molecule has 0 aliphatic rings. The van der Waals surface area contributed by atoms with Crippen LogP contribution < -0.4 is 11.2 Å². The molecule has 0 saturated carbocycles. The molecule has 0 radical (unpaired) electrons. The van der Waals surface area contributed by atoms with E-state index in [1.54, 1.807) is 11.2 Å². The zero-order chi connectivity index (χ0) is 36.3. The second-order valence-corrected chi connectivity index (χ2v) is 12.8. The van der Waals surface area contributed by atoms with Crippen molar-refractivity contribution in [2.24, 2.45) is 5.84 Å². The van der Waals surface area contributed by atoms with Gasteiger partial charge >= 0.3 is 0 Å². The van der Waals surface area contributed by atoms with E-state index in [1.165, 1.54) is 44.5 Å². The highest BCUT2D eigenvalue weighted by Gasteiger charge is 2.08. The van der Waals surface area contributed by atoms with E-state index in [0.29, 0.717) is 5.56 Å². The van der Waals surface area contributed by atoms with Gasteiger partial charge in [0.05, 0.1) is 5.56 Å². The zero-order valence-corrected chi connectivity index (χ0v) is 30.8. The van der Waals surface area contributed by atoms with Crippen molar-refractivity contribution in [2.75, 3.05) is 20.1 Å². The number of aryl methyl sites for hydroxylation is 4. The molecule has 2 aromatic carbocycles. The molecule has 1 heterocycles. The molecule has 0 aliphatic carbocycles. The number of hydrogen-bond acceptors (Lipinski definition) is 5. The predicted octanol–water partition coefficient (Wildman–Crippen LogP) is 9.40. The average molecular weight is 666 g/mol. The minimum Gasteiger partial charge on any atom is -0.321 e. The third-order valence-corrected chi connectivity index (χ3v) is 8.79. The molecule has 5 nitrogen and oxygen atoms in total. The van der Waals surface area contributed by atoms with Crippen LogP contribution in [0.25, 0.3) is 5.57 Å². The first kappa shape index (κ1) is 39.4. The van der Waals surface area contributed by atoms with Crippen molar-refractivity contribution in [3.05, 3.63) is 178 Å². The molecule has 1 aromatic heterocycles. The standard InChI is InChI=1S/C45H55N5/c1-8-10-26-48-31-39(33-50(7)47)22-23-41(9-2)45-17-13-16-43(36(45)6)15-12-11-14-42(34(3)4)24-25-44-28-37(19-18-35(44)5)20-21-38-27-40(29-46)32-49-30-38/h8-9,11-14,16-19,22-23,27-28,30,32-33,48H,1,3,10,15,20-21,24-26,31,47H2,2,4-7H3/b12-11-,23-22-,39-33+,41-9+,42-14-. The number of nitrogens with two attached hydrogens (primary N) is 1. The number of benzene rings is 2. The number of nitrogens with zero attached hydrogens (tertiary/aromatic N) is 3. The third kappa shape index (κ3) is 13.1. The smallest absolute Gasteiger partial charge is 0.101 e. The number of pyridine rings is 1. The van der Waals surface area contributed by atoms with Crippen LogP contribution in [0.4, 0.5) is 0 Å². The van der Waals surface area contributed by atoms with Gasteiger partial charge in [0.1, 0.15) is 6.07 Å². The Hall–Kier alpha value is -5.02. The first-order valence-corrected chi connectivity index (χ1v) is 17.5. The minimum atomic E-state index is 0.609. The number of aromatic nitrogens is 1. The Kier molecular flexibility index (Phi) is 16.7. The Bertz CT molecular complexity index is 1790. The molecule has 0 atom stereocenters. The molecule has 0 spiro atoms. The molecule has 0 saturated heterocycles. The van der Waals surface area contributed by atoms with Crippen molar-refractivity contribution in [3.8, 4) is 6.07 Å². The summed E-state index contributed by atoms with van der Waals surface area (Å²) >= 11 is 0. The van der Waals surface area contributed by atoms with Gasteiger partial charge in [-0.1, -0.05) is 91.1 Å². The van der Waals surface area contributed by atoms with Crippen LogP contribution in [0.5, 0.6) is 0 Å². The average Bonchev–Trinajstić information content (AvgIpc) is 3.10. The van der Waals surface area contributed by atoms with Gasteiger partial charge in [-0.2, -0.15) is 5.26 Å². The molecule has 3 aromatic rings. The molecule has 0 aliphatic heterocycles. The summed E-state index contributed by atoms with van der Waals surface area (Å²) in [5, 5.41) is 14.2. The van der Waals surface area contributed by atoms with Crippen LogP contribution in [-0.2, 0) is 25.7 Å². The molecule has 260 valence electrons. The van der Waals surface area contributed by atoms with Gasteiger partial charge in [-0.25, -0.2) is 5.84 Å². The van der Waals surface area contributed by atoms with Crippen LogP contribution in [-0.4, -0.2) is 30.1 Å². The highest BCUT2D eigenvalue weighted by atomic mass is 15.4. The van der Waals surface area contributed by atoms with Gasteiger partial charge in [0.25, 0.3) is 0 Å². The summed E-state index contributed by atoms with van der Waals surface area (Å²) < 4.78 is 0. The first-order valence-electron chi connectivity index (χ1n) is 17.5. The molecule has 0 amide bonds.